The normalized spacial score (nSPS) is 17.2. The summed E-state index contributed by atoms with van der Waals surface area (Å²) in [5.74, 6) is 0.346. The number of hydrogen-bond acceptors (Lipinski definition) is 7. The average molecular weight is 437 g/mol. The minimum Gasteiger partial charge on any atom is -0.491 e. The summed E-state index contributed by atoms with van der Waals surface area (Å²) in [5, 5.41) is 2.17. The summed E-state index contributed by atoms with van der Waals surface area (Å²) < 4.78 is 53.7. The molecule has 0 saturated heterocycles. The summed E-state index contributed by atoms with van der Waals surface area (Å²) >= 11 is 0. The number of para-hydroxylation sites is 1. The van der Waals surface area contributed by atoms with E-state index in [9.17, 15) is 22.4 Å². The average Bonchev–Trinajstić information content (AvgIpc) is 2.70. The molecule has 0 saturated carbocycles. The van der Waals surface area contributed by atoms with E-state index >= 15 is 0 Å². The first kappa shape index (κ1) is 22.4. The van der Waals surface area contributed by atoms with Crippen molar-refractivity contribution >= 4 is 48.4 Å². The molecule has 0 N–H and O–H groups in total. The van der Waals surface area contributed by atoms with E-state index in [0.29, 0.717) is 17.2 Å². The summed E-state index contributed by atoms with van der Waals surface area (Å²) in [6.45, 7) is 0.215. The minimum absolute atomic E-state index is 0.0993. The van der Waals surface area contributed by atoms with Crippen LogP contribution in [-0.4, -0.2) is 63.1 Å². The lowest BCUT2D eigenvalue weighted by atomic mass is 9.98. The smallest absolute Gasteiger partial charge is 0.324 e. The topological polar surface area (TPSA) is 136 Å². The molecule has 1 aliphatic rings. The summed E-state index contributed by atoms with van der Waals surface area (Å²) in [5.41, 5.74) is 10.7. The molecule has 11 heteroatoms. The Kier molecular flexibility index (Phi) is 9.19. The van der Waals surface area contributed by atoms with E-state index in [-0.39, 0.29) is 38.2 Å². The summed E-state index contributed by atoms with van der Waals surface area (Å²) in [7, 11) is -4.54. The number of rotatable bonds is 9. The summed E-state index contributed by atoms with van der Waals surface area (Å²) in [6.07, 6.45) is 1.44. The Balaban J connectivity index is 2.24. The van der Waals surface area contributed by atoms with Crippen LogP contribution in [0, 0.1) is 0 Å². The monoisotopic (exact) mass is 437 g/mol. The Morgan fingerprint density at radius 3 is 2.34 bits per heavy atom. The molecule has 0 heterocycles. The van der Waals surface area contributed by atoms with E-state index in [4.69, 9.17) is 9.47 Å². The molecule has 1 atom stereocenters. The predicted molar refractivity (Wildman–Crippen MR) is 110 cm³/mol. The third-order valence-electron chi connectivity index (χ3n) is 3.73. The standard InChI is InChI=1S/C18H19N3O6S2/c19-21-16-13-17(26-8-4-10-28(22)23)15(20-14-6-2-1-3-7-14)12-18(16)27-9-5-11-29(24)25/h1-3,6-7,10-11,13,18H,4-5,8-9,12H2. The van der Waals surface area contributed by atoms with Gasteiger partial charge in [-0.05, 0) is 12.1 Å². The van der Waals surface area contributed by atoms with Crippen molar-refractivity contribution in [1.29, 1.82) is 0 Å². The van der Waals surface area contributed by atoms with Crippen LogP contribution < -0.4 is 0 Å². The van der Waals surface area contributed by atoms with Gasteiger partial charge in [0.05, 0.1) is 30.7 Å². The van der Waals surface area contributed by atoms with Gasteiger partial charge >= 0.3 is 5.71 Å². The van der Waals surface area contributed by atoms with Crippen molar-refractivity contribution in [2.24, 2.45) is 4.99 Å². The van der Waals surface area contributed by atoms with Crippen molar-refractivity contribution in [3.63, 3.8) is 0 Å². The molecule has 0 aromatic heterocycles. The van der Waals surface area contributed by atoms with Crippen LogP contribution in [0.5, 0.6) is 0 Å². The van der Waals surface area contributed by atoms with Crippen LogP contribution in [-0.2, 0) is 30.1 Å². The SMILES string of the molecule is [N-]=[N+]=C1C=C(OCCC=S(=O)=O)C(=Nc2ccccc2)CC1OCCC=S(=O)=O. The highest BCUT2D eigenvalue weighted by Gasteiger charge is 2.32. The zero-order chi connectivity index (χ0) is 21.1. The molecule has 2 rings (SSSR count). The first-order valence-electron chi connectivity index (χ1n) is 8.63. The van der Waals surface area contributed by atoms with Gasteiger partial charge in [0.25, 0.3) is 0 Å². The fourth-order valence-corrected chi connectivity index (χ4v) is 3.06. The van der Waals surface area contributed by atoms with Crippen molar-refractivity contribution in [1.82, 2.24) is 0 Å². The molecule has 0 bridgehead atoms. The van der Waals surface area contributed by atoms with E-state index < -0.39 is 26.7 Å². The van der Waals surface area contributed by atoms with Crippen LogP contribution in [0.3, 0.4) is 0 Å². The zero-order valence-corrected chi connectivity index (χ0v) is 17.0. The van der Waals surface area contributed by atoms with Gasteiger partial charge in [-0.2, -0.15) is 21.6 Å². The molecule has 0 amide bonds. The maximum absolute atomic E-state index is 10.6. The van der Waals surface area contributed by atoms with Gasteiger partial charge in [0.1, 0.15) is 5.76 Å². The minimum atomic E-state index is -2.27. The van der Waals surface area contributed by atoms with Crippen molar-refractivity contribution in [3.8, 4) is 0 Å². The zero-order valence-electron chi connectivity index (χ0n) is 15.3. The van der Waals surface area contributed by atoms with Gasteiger partial charge in [-0.15, -0.1) is 0 Å². The quantitative estimate of drug-likeness (QED) is 0.247. The fourth-order valence-electron chi connectivity index (χ4n) is 2.48. The third kappa shape index (κ3) is 7.96. The van der Waals surface area contributed by atoms with E-state index in [1.807, 2.05) is 30.3 Å². The lowest BCUT2D eigenvalue weighted by molar-refractivity contribution is -0.0277. The molecule has 1 aromatic carbocycles. The van der Waals surface area contributed by atoms with Crippen molar-refractivity contribution in [2.45, 2.75) is 25.4 Å². The number of ether oxygens (including phenoxy) is 2. The van der Waals surface area contributed by atoms with Gasteiger partial charge in [-0.3, -0.25) is 0 Å². The van der Waals surface area contributed by atoms with Crippen LogP contribution >= 0.6 is 0 Å². The van der Waals surface area contributed by atoms with E-state index in [2.05, 4.69) is 9.78 Å². The highest BCUT2D eigenvalue weighted by molar-refractivity contribution is 7.71. The Labute approximate surface area is 171 Å². The lowest BCUT2D eigenvalue weighted by Crippen LogP contribution is -2.33. The van der Waals surface area contributed by atoms with Gasteiger partial charge in [0.15, 0.2) is 6.10 Å². The van der Waals surface area contributed by atoms with Crippen LogP contribution in [0.1, 0.15) is 19.3 Å². The molecule has 1 unspecified atom stereocenters. The third-order valence-corrected chi connectivity index (χ3v) is 4.74. The van der Waals surface area contributed by atoms with E-state index in [0.717, 1.165) is 10.7 Å². The molecule has 0 fully saturated rings. The maximum Gasteiger partial charge on any atom is 0.324 e. The van der Waals surface area contributed by atoms with Crippen LogP contribution in [0.25, 0.3) is 5.53 Å². The predicted octanol–water partition coefficient (Wildman–Crippen LogP) is 1.26. The highest BCUT2D eigenvalue weighted by Crippen LogP contribution is 2.22. The summed E-state index contributed by atoms with van der Waals surface area (Å²) in [4.78, 5) is 7.79. The van der Waals surface area contributed by atoms with E-state index in [1.54, 1.807) is 0 Å². The maximum atomic E-state index is 10.6. The number of hydrogen-bond donors (Lipinski definition) is 0. The molecule has 1 aromatic rings. The van der Waals surface area contributed by atoms with Gasteiger partial charge in [-0.25, -0.2) is 4.99 Å². The van der Waals surface area contributed by atoms with Gasteiger partial charge in [-0.1, -0.05) is 18.2 Å². The second kappa shape index (κ2) is 11.9. The second-order valence-corrected chi connectivity index (χ2v) is 7.48. The Bertz CT molecular complexity index is 1080. The van der Waals surface area contributed by atoms with Gasteiger partial charge < -0.3 is 15.0 Å². The van der Waals surface area contributed by atoms with Crippen LogP contribution in [0.15, 0.2) is 47.2 Å². The van der Waals surface area contributed by atoms with Crippen molar-refractivity contribution < 1.29 is 31.1 Å². The van der Waals surface area contributed by atoms with Gasteiger partial charge in [0.2, 0.25) is 20.6 Å². The number of benzene rings is 1. The molecule has 0 aliphatic heterocycles. The van der Waals surface area contributed by atoms with E-state index in [1.165, 1.54) is 6.08 Å². The number of aliphatic imine (C=N–C) groups is 1. The largest absolute Gasteiger partial charge is 0.491 e. The number of allylic oxidation sites excluding steroid dienone is 1. The molecule has 9 nitrogen and oxygen atoms in total. The van der Waals surface area contributed by atoms with Crippen molar-refractivity contribution in [3.05, 3.63) is 47.7 Å². The molecular formula is C18H19N3O6S2. The van der Waals surface area contributed by atoms with Gasteiger partial charge in [0, 0.05) is 30.0 Å². The Morgan fingerprint density at radius 1 is 1.07 bits per heavy atom. The number of nitrogens with zero attached hydrogens (tertiary/aromatic N) is 3. The fraction of sp³-hybridized carbons (Fsp3) is 0.333. The van der Waals surface area contributed by atoms with Crippen LogP contribution in [0.4, 0.5) is 5.69 Å². The van der Waals surface area contributed by atoms with Crippen LogP contribution in [0.2, 0.25) is 0 Å². The molecule has 0 radical (unpaired) electrons. The lowest BCUT2D eigenvalue weighted by Gasteiger charge is -2.21. The van der Waals surface area contributed by atoms with Crippen molar-refractivity contribution in [2.75, 3.05) is 13.2 Å². The molecule has 29 heavy (non-hydrogen) atoms. The Morgan fingerprint density at radius 2 is 1.72 bits per heavy atom. The molecule has 1 aliphatic carbocycles. The first-order valence-corrected chi connectivity index (χ1v) is 10.9. The Hall–Kier alpha value is -2.85. The highest BCUT2D eigenvalue weighted by atomic mass is 32.2. The first-order chi connectivity index (χ1) is 14.0. The molecule has 154 valence electrons. The second-order valence-electron chi connectivity index (χ2n) is 5.77. The summed E-state index contributed by atoms with van der Waals surface area (Å²) in [6, 6.07) is 9.14. The molecular weight excluding hydrogens is 418 g/mol. The molecule has 0 spiro atoms.